The summed E-state index contributed by atoms with van der Waals surface area (Å²) >= 11 is 3.20. The van der Waals surface area contributed by atoms with E-state index < -0.39 is 11.6 Å². The first-order valence-corrected chi connectivity index (χ1v) is 8.63. The van der Waals surface area contributed by atoms with E-state index in [0.717, 1.165) is 17.5 Å². The lowest BCUT2D eigenvalue weighted by atomic mass is 10.1. The summed E-state index contributed by atoms with van der Waals surface area (Å²) in [7, 11) is 0. The van der Waals surface area contributed by atoms with Crippen LogP contribution in [0.2, 0.25) is 0 Å². The minimum absolute atomic E-state index is 0.0164. The molecule has 0 bridgehead atoms. The molecule has 2 heterocycles. The molecule has 1 aromatic carbocycles. The fourth-order valence-electron chi connectivity index (χ4n) is 2.22. The molecule has 0 aliphatic heterocycles. The maximum absolute atomic E-state index is 13.7. The Morgan fingerprint density at radius 3 is 2.82 bits per heavy atom. The molecular weight excluding hydrogens is 322 g/mol. The number of thiazole rings is 1. The summed E-state index contributed by atoms with van der Waals surface area (Å²) < 4.78 is 27.0. The number of aromatic nitrogens is 1. The smallest absolute Gasteiger partial charge is 0.163 e. The number of nitrogens with zero attached hydrogens (tertiary/aromatic N) is 1. The van der Waals surface area contributed by atoms with Gasteiger partial charge in [0.25, 0.3) is 0 Å². The van der Waals surface area contributed by atoms with E-state index in [-0.39, 0.29) is 12.6 Å². The molecule has 0 radical (unpaired) electrons. The number of rotatable bonds is 6. The van der Waals surface area contributed by atoms with Crippen LogP contribution in [-0.2, 0) is 13.0 Å². The summed E-state index contributed by atoms with van der Waals surface area (Å²) in [5.41, 5.74) is 1.53. The molecule has 0 spiro atoms. The van der Waals surface area contributed by atoms with Crippen molar-refractivity contribution in [3.63, 3.8) is 0 Å². The average molecular weight is 336 g/mol. The van der Waals surface area contributed by atoms with Crippen molar-refractivity contribution in [1.82, 2.24) is 10.3 Å². The van der Waals surface area contributed by atoms with E-state index in [2.05, 4.69) is 21.7 Å². The number of halogens is 2. The van der Waals surface area contributed by atoms with Gasteiger partial charge in [-0.25, -0.2) is 13.8 Å². The highest BCUT2D eigenvalue weighted by atomic mass is 32.1. The lowest BCUT2D eigenvalue weighted by molar-refractivity contribution is 0.476. The van der Waals surface area contributed by atoms with Crippen molar-refractivity contribution >= 4 is 22.7 Å². The Bertz CT molecular complexity index is 712. The summed E-state index contributed by atoms with van der Waals surface area (Å²) in [4.78, 5) is 4.34. The van der Waals surface area contributed by atoms with Gasteiger partial charge in [-0.15, -0.1) is 11.3 Å². The van der Waals surface area contributed by atoms with E-state index >= 15 is 0 Å². The molecule has 0 aliphatic rings. The molecule has 3 aromatic rings. The topological polar surface area (TPSA) is 24.9 Å². The standard InChI is InChI=1S/C16H14F2N2S2/c17-13-3-1-2-12(15(13)18)9-20-14(16-19-5-7-22-16)8-11-4-6-21-10-11/h1-7,10,14,20H,8-9H2/t14-/m0/s1. The first kappa shape index (κ1) is 15.3. The van der Waals surface area contributed by atoms with Crippen molar-refractivity contribution in [3.8, 4) is 0 Å². The summed E-state index contributed by atoms with van der Waals surface area (Å²) in [5, 5.41) is 10.3. The fourth-order valence-corrected chi connectivity index (χ4v) is 3.61. The van der Waals surface area contributed by atoms with Crippen molar-refractivity contribution in [2.75, 3.05) is 0 Å². The van der Waals surface area contributed by atoms with Gasteiger partial charge in [-0.1, -0.05) is 12.1 Å². The van der Waals surface area contributed by atoms with Crippen molar-refractivity contribution in [2.45, 2.75) is 19.0 Å². The summed E-state index contributed by atoms with van der Waals surface area (Å²) in [6, 6.07) is 6.29. The first-order valence-electron chi connectivity index (χ1n) is 6.81. The minimum atomic E-state index is -0.817. The second-order valence-corrected chi connectivity index (χ2v) is 6.56. The Kier molecular flexibility index (Phi) is 4.92. The monoisotopic (exact) mass is 336 g/mol. The molecule has 0 fully saturated rings. The largest absolute Gasteiger partial charge is 0.303 e. The van der Waals surface area contributed by atoms with E-state index in [4.69, 9.17) is 0 Å². The number of hydrogen-bond donors (Lipinski definition) is 1. The molecule has 0 amide bonds. The van der Waals surface area contributed by atoms with Gasteiger partial charge in [0, 0.05) is 23.7 Å². The summed E-state index contributed by atoms with van der Waals surface area (Å²) in [6.07, 6.45) is 2.53. The van der Waals surface area contributed by atoms with Crippen LogP contribution < -0.4 is 5.32 Å². The Morgan fingerprint density at radius 1 is 1.18 bits per heavy atom. The molecule has 0 saturated heterocycles. The predicted molar refractivity (Wildman–Crippen MR) is 86.1 cm³/mol. The van der Waals surface area contributed by atoms with Crippen LogP contribution in [0.5, 0.6) is 0 Å². The lowest BCUT2D eigenvalue weighted by Crippen LogP contribution is -2.23. The Hall–Kier alpha value is -1.63. The zero-order valence-corrected chi connectivity index (χ0v) is 13.3. The molecule has 0 aliphatic carbocycles. The van der Waals surface area contributed by atoms with Crippen molar-refractivity contribution in [1.29, 1.82) is 0 Å². The van der Waals surface area contributed by atoms with Gasteiger partial charge in [-0.2, -0.15) is 11.3 Å². The summed E-state index contributed by atoms with van der Waals surface area (Å²) in [6.45, 7) is 0.262. The molecule has 2 aromatic heterocycles. The SMILES string of the molecule is Fc1cccc(CN[C@@H](Cc2ccsc2)c2nccs2)c1F. The van der Waals surface area contributed by atoms with Gasteiger partial charge in [0.05, 0.1) is 6.04 Å². The molecular formula is C16H14F2N2S2. The normalized spacial score (nSPS) is 12.5. The van der Waals surface area contributed by atoms with Crippen molar-refractivity contribution in [2.24, 2.45) is 0 Å². The minimum Gasteiger partial charge on any atom is -0.303 e. The van der Waals surface area contributed by atoms with Crippen LogP contribution in [0, 0.1) is 11.6 Å². The fraction of sp³-hybridized carbons (Fsp3) is 0.188. The van der Waals surface area contributed by atoms with Gasteiger partial charge in [-0.05, 0) is 34.9 Å². The van der Waals surface area contributed by atoms with E-state index in [9.17, 15) is 8.78 Å². The Balaban J connectivity index is 1.74. The number of benzene rings is 1. The second kappa shape index (κ2) is 7.09. The molecule has 3 rings (SSSR count). The maximum atomic E-state index is 13.7. The second-order valence-electron chi connectivity index (χ2n) is 4.85. The van der Waals surface area contributed by atoms with Gasteiger partial charge in [0.15, 0.2) is 11.6 Å². The number of hydrogen-bond acceptors (Lipinski definition) is 4. The van der Waals surface area contributed by atoms with Gasteiger partial charge >= 0.3 is 0 Å². The van der Waals surface area contributed by atoms with Crippen LogP contribution in [0.25, 0.3) is 0 Å². The molecule has 22 heavy (non-hydrogen) atoms. The number of thiophene rings is 1. The van der Waals surface area contributed by atoms with Crippen LogP contribution in [-0.4, -0.2) is 4.98 Å². The number of nitrogens with one attached hydrogen (secondary N) is 1. The lowest BCUT2D eigenvalue weighted by Gasteiger charge is -2.16. The highest BCUT2D eigenvalue weighted by Crippen LogP contribution is 2.23. The molecule has 1 N–H and O–H groups in total. The van der Waals surface area contributed by atoms with Crippen molar-refractivity contribution < 1.29 is 8.78 Å². The highest BCUT2D eigenvalue weighted by Gasteiger charge is 2.16. The van der Waals surface area contributed by atoms with Crippen LogP contribution in [0.3, 0.4) is 0 Å². The quantitative estimate of drug-likeness (QED) is 0.714. The maximum Gasteiger partial charge on any atom is 0.163 e. The van der Waals surface area contributed by atoms with Crippen molar-refractivity contribution in [3.05, 3.63) is 74.4 Å². The van der Waals surface area contributed by atoms with Crippen LogP contribution in [0.15, 0.2) is 46.6 Å². The van der Waals surface area contributed by atoms with Crippen LogP contribution in [0.1, 0.15) is 22.2 Å². The van der Waals surface area contributed by atoms with Gasteiger partial charge in [0.1, 0.15) is 5.01 Å². The molecule has 2 nitrogen and oxygen atoms in total. The van der Waals surface area contributed by atoms with Gasteiger partial charge in [-0.3, -0.25) is 0 Å². The zero-order valence-electron chi connectivity index (χ0n) is 11.6. The molecule has 1 atom stereocenters. The van der Waals surface area contributed by atoms with Gasteiger partial charge in [0.2, 0.25) is 0 Å². The van der Waals surface area contributed by atoms with Gasteiger partial charge < -0.3 is 5.32 Å². The van der Waals surface area contributed by atoms with Crippen LogP contribution >= 0.6 is 22.7 Å². The third-order valence-corrected chi connectivity index (χ3v) is 4.96. The highest BCUT2D eigenvalue weighted by molar-refractivity contribution is 7.09. The molecule has 0 saturated carbocycles. The van der Waals surface area contributed by atoms with Crippen LogP contribution in [0.4, 0.5) is 8.78 Å². The third kappa shape index (κ3) is 3.58. The molecule has 114 valence electrons. The van der Waals surface area contributed by atoms with E-state index in [1.165, 1.54) is 11.6 Å². The van der Waals surface area contributed by atoms with E-state index in [1.807, 2.05) is 10.8 Å². The molecule has 6 heteroatoms. The third-order valence-electron chi connectivity index (χ3n) is 3.34. The average Bonchev–Trinajstić information content (AvgIpc) is 3.20. The Morgan fingerprint density at radius 2 is 2.09 bits per heavy atom. The van der Waals surface area contributed by atoms with E-state index in [0.29, 0.717) is 5.56 Å². The zero-order chi connectivity index (χ0) is 15.4. The predicted octanol–water partition coefficient (Wildman–Crippen LogP) is 4.56. The Labute approximate surface area is 135 Å². The summed E-state index contributed by atoms with van der Waals surface area (Å²) in [5.74, 6) is -1.61. The first-order chi connectivity index (χ1) is 10.7. The molecule has 0 unspecified atom stereocenters. The van der Waals surface area contributed by atoms with E-state index in [1.54, 1.807) is 34.9 Å².